The minimum absolute atomic E-state index is 0.141. The molecule has 142 valence electrons. The first-order valence-corrected chi connectivity index (χ1v) is 8.76. The number of hydrogen-bond donors (Lipinski definition) is 1. The predicted octanol–water partition coefficient (Wildman–Crippen LogP) is 2.09. The lowest BCUT2D eigenvalue weighted by molar-refractivity contribution is -0.143. The van der Waals surface area contributed by atoms with Crippen molar-refractivity contribution < 1.29 is 28.2 Å². The van der Waals surface area contributed by atoms with Crippen LogP contribution in [0.2, 0.25) is 0 Å². The zero-order chi connectivity index (χ0) is 18.9. The van der Waals surface area contributed by atoms with Gasteiger partial charge in [0.25, 0.3) is 5.91 Å². The van der Waals surface area contributed by atoms with Gasteiger partial charge in [0.15, 0.2) is 6.04 Å². The van der Waals surface area contributed by atoms with Crippen molar-refractivity contribution in [1.82, 2.24) is 9.80 Å². The van der Waals surface area contributed by atoms with Gasteiger partial charge in [-0.25, -0.2) is 13.6 Å². The van der Waals surface area contributed by atoms with Crippen LogP contribution in [-0.4, -0.2) is 64.8 Å². The Morgan fingerprint density at radius 2 is 2.00 bits per heavy atom. The Labute approximate surface area is 150 Å². The summed E-state index contributed by atoms with van der Waals surface area (Å²) in [6.07, 6.45) is 1.89. The van der Waals surface area contributed by atoms with Gasteiger partial charge < -0.3 is 14.7 Å². The SMILES string of the molecule is CCCN1CCC2(CC1)OC[C@H](C(=O)O)N2C(=O)c1ccc(F)cc1F. The van der Waals surface area contributed by atoms with E-state index in [0.29, 0.717) is 32.0 Å². The Balaban J connectivity index is 1.91. The van der Waals surface area contributed by atoms with Gasteiger partial charge in [-0.3, -0.25) is 9.69 Å². The second-order valence-corrected chi connectivity index (χ2v) is 6.75. The number of likely N-dealkylation sites (tertiary alicyclic amines) is 1. The number of aliphatic carboxylic acids is 1. The second kappa shape index (κ2) is 7.28. The lowest BCUT2D eigenvalue weighted by atomic mass is 9.96. The summed E-state index contributed by atoms with van der Waals surface area (Å²) in [6.45, 7) is 4.17. The number of carboxylic acids is 1. The molecule has 2 fully saturated rings. The van der Waals surface area contributed by atoms with Crippen LogP contribution < -0.4 is 0 Å². The van der Waals surface area contributed by atoms with Crippen molar-refractivity contribution in [3.63, 3.8) is 0 Å². The maximum Gasteiger partial charge on any atom is 0.328 e. The molecule has 1 atom stereocenters. The molecule has 2 heterocycles. The highest BCUT2D eigenvalue weighted by atomic mass is 19.1. The van der Waals surface area contributed by atoms with E-state index < -0.39 is 35.3 Å². The van der Waals surface area contributed by atoms with Gasteiger partial charge in [-0.1, -0.05) is 6.92 Å². The number of carbonyl (C=O) groups excluding carboxylic acids is 1. The molecular weight excluding hydrogens is 346 g/mol. The van der Waals surface area contributed by atoms with E-state index in [9.17, 15) is 23.5 Å². The van der Waals surface area contributed by atoms with E-state index in [1.54, 1.807) is 0 Å². The largest absolute Gasteiger partial charge is 0.480 e. The van der Waals surface area contributed by atoms with Crippen LogP contribution in [0.25, 0.3) is 0 Å². The van der Waals surface area contributed by atoms with Gasteiger partial charge in [0.2, 0.25) is 0 Å². The quantitative estimate of drug-likeness (QED) is 0.881. The van der Waals surface area contributed by atoms with Gasteiger partial charge in [0, 0.05) is 32.0 Å². The van der Waals surface area contributed by atoms with Gasteiger partial charge in [0.1, 0.15) is 17.4 Å². The number of benzene rings is 1. The van der Waals surface area contributed by atoms with Crippen LogP contribution >= 0.6 is 0 Å². The number of carbonyl (C=O) groups is 2. The normalized spacial score (nSPS) is 22.7. The summed E-state index contributed by atoms with van der Waals surface area (Å²) in [5.41, 5.74) is -1.41. The van der Waals surface area contributed by atoms with E-state index >= 15 is 0 Å². The first-order valence-electron chi connectivity index (χ1n) is 8.76. The van der Waals surface area contributed by atoms with Crippen molar-refractivity contribution in [3.05, 3.63) is 35.4 Å². The number of halogens is 2. The Bertz CT molecular complexity index is 704. The fourth-order valence-corrected chi connectivity index (χ4v) is 3.79. The Kier molecular flexibility index (Phi) is 5.24. The van der Waals surface area contributed by atoms with Gasteiger partial charge in [-0.2, -0.15) is 0 Å². The topological polar surface area (TPSA) is 70.1 Å². The highest BCUT2D eigenvalue weighted by molar-refractivity contribution is 5.97. The van der Waals surface area contributed by atoms with Crippen molar-refractivity contribution in [2.45, 2.75) is 38.0 Å². The number of amides is 1. The van der Waals surface area contributed by atoms with Crippen LogP contribution in [0, 0.1) is 11.6 Å². The number of ether oxygens (including phenoxy) is 1. The van der Waals surface area contributed by atoms with Crippen LogP contribution in [0.3, 0.4) is 0 Å². The first kappa shape index (κ1) is 18.7. The average molecular weight is 368 g/mol. The Morgan fingerprint density at radius 1 is 1.31 bits per heavy atom. The van der Waals surface area contributed by atoms with Gasteiger partial charge in [-0.15, -0.1) is 0 Å². The summed E-state index contributed by atoms with van der Waals surface area (Å²) in [4.78, 5) is 28.0. The van der Waals surface area contributed by atoms with E-state index in [1.165, 1.54) is 0 Å². The molecule has 1 amide bonds. The number of carboxylic acid groups (broad SMARTS) is 1. The fraction of sp³-hybridized carbons (Fsp3) is 0.556. The maximum absolute atomic E-state index is 14.1. The molecule has 1 aromatic carbocycles. The van der Waals surface area contributed by atoms with Crippen LogP contribution in [0.15, 0.2) is 18.2 Å². The molecule has 0 bridgehead atoms. The molecule has 1 spiro atoms. The molecule has 1 aromatic rings. The Morgan fingerprint density at radius 3 is 2.58 bits per heavy atom. The zero-order valence-corrected chi connectivity index (χ0v) is 14.6. The van der Waals surface area contributed by atoms with E-state index in [0.717, 1.165) is 30.0 Å². The molecule has 0 radical (unpaired) electrons. The number of rotatable bonds is 4. The lowest BCUT2D eigenvalue weighted by Crippen LogP contribution is -2.58. The minimum Gasteiger partial charge on any atom is -0.480 e. The van der Waals surface area contributed by atoms with Crippen molar-refractivity contribution in [3.8, 4) is 0 Å². The fourth-order valence-electron chi connectivity index (χ4n) is 3.79. The number of piperidine rings is 1. The van der Waals surface area contributed by atoms with Crippen molar-refractivity contribution in [2.75, 3.05) is 26.2 Å². The van der Waals surface area contributed by atoms with E-state index in [1.807, 2.05) is 0 Å². The maximum atomic E-state index is 14.1. The molecule has 2 saturated heterocycles. The molecule has 2 aliphatic heterocycles. The minimum atomic E-state index is -1.20. The van der Waals surface area contributed by atoms with Gasteiger partial charge >= 0.3 is 5.97 Å². The average Bonchev–Trinajstić information content (AvgIpc) is 2.96. The van der Waals surface area contributed by atoms with Crippen LogP contribution in [0.4, 0.5) is 8.78 Å². The summed E-state index contributed by atoms with van der Waals surface area (Å²) in [5, 5.41) is 9.51. The van der Waals surface area contributed by atoms with E-state index in [2.05, 4.69) is 11.8 Å². The predicted molar refractivity (Wildman–Crippen MR) is 88.6 cm³/mol. The van der Waals surface area contributed by atoms with E-state index in [-0.39, 0.29) is 12.2 Å². The molecule has 3 rings (SSSR count). The molecular formula is C18H22F2N2O4. The van der Waals surface area contributed by atoms with Crippen molar-refractivity contribution in [2.24, 2.45) is 0 Å². The lowest BCUT2D eigenvalue weighted by Gasteiger charge is -2.44. The summed E-state index contributed by atoms with van der Waals surface area (Å²) >= 11 is 0. The standard InChI is InChI=1S/C18H22F2N2O4/c1-2-7-21-8-5-18(6-9-21)22(15(11-26-18)17(24)25)16(23)13-4-3-12(19)10-14(13)20/h3-4,10,15H,2,5-9,11H2,1H3,(H,24,25)/t15-/m1/s1. The van der Waals surface area contributed by atoms with Crippen LogP contribution in [-0.2, 0) is 9.53 Å². The molecule has 26 heavy (non-hydrogen) atoms. The zero-order valence-electron chi connectivity index (χ0n) is 14.6. The Hall–Kier alpha value is -2.06. The summed E-state index contributed by atoms with van der Waals surface area (Å²) < 4.78 is 33.1. The first-order chi connectivity index (χ1) is 12.4. The number of hydrogen-bond acceptors (Lipinski definition) is 4. The highest BCUT2D eigenvalue weighted by Gasteiger charge is 2.54. The number of nitrogens with zero attached hydrogens (tertiary/aromatic N) is 2. The molecule has 2 aliphatic rings. The molecule has 0 aromatic heterocycles. The molecule has 0 unspecified atom stereocenters. The molecule has 8 heteroatoms. The molecule has 6 nitrogen and oxygen atoms in total. The van der Waals surface area contributed by atoms with Crippen molar-refractivity contribution >= 4 is 11.9 Å². The van der Waals surface area contributed by atoms with Crippen LogP contribution in [0.1, 0.15) is 36.5 Å². The molecule has 0 aliphatic carbocycles. The highest BCUT2D eigenvalue weighted by Crippen LogP contribution is 2.38. The molecule has 0 saturated carbocycles. The smallest absolute Gasteiger partial charge is 0.328 e. The molecule has 1 N–H and O–H groups in total. The third kappa shape index (κ3) is 3.31. The van der Waals surface area contributed by atoms with Crippen molar-refractivity contribution in [1.29, 1.82) is 0 Å². The summed E-state index contributed by atoms with van der Waals surface area (Å²) in [6, 6.07) is 1.46. The monoisotopic (exact) mass is 368 g/mol. The van der Waals surface area contributed by atoms with Gasteiger partial charge in [-0.05, 0) is 25.1 Å². The second-order valence-electron chi connectivity index (χ2n) is 6.75. The van der Waals surface area contributed by atoms with E-state index in [4.69, 9.17) is 4.74 Å². The third-order valence-electron chi connectivity index (χ3n) is 5.10. The van der Waals surface area contributed by atoms with Crippen LogP contribution in [0.5, 0.6) is 0 Å². The third-order valence-corrected chi connectivity index (χ3v) is 5.10. The summed E-state index contributed by atoms with van der Waals surface area (Å²) in [5.74, 6) is -3.79. The summed E-state index contributed by atoms with van der Waals surface area (Å²) in [7, 11) is 0. The van der Waals surface area contributed by atoms with Gasteiger partial charge in [0.05, 0.1) is 12.2 Å².